The molecule has 80 valence electrons. The van der Waals surface area contributed by atoms with E-state index in [0.717, 1.165) is 16.8 Å². The summed E-state index contributed by atoms with van der Waals surface area (Å²) in [5.74, 6) is -1.05. The molecule has 0 aliphatic carbocycles. The number of nitrogens with zero attached hydrogens (tertiary/aromatic N) is 1. The number of rotatable bonds is 3. The van der Waals surface area contributed by atoms with Crippen LogP contribution in [0.1, 0.15) is 6.92 Å². The van der Waals surface area contributed by atoms with Gasteiger partial charge in [-0.25, -0.2) is 9.48 Å². The van der Waals surface area contributed by atoms with Crippen molar-refractivity contribution in [2.75, 3.05) is 0 Å². The number of hydrogen-bond acceptors (Lipinski definition) is 3. The Morgan fingerprint density at radius 1 is 1.53 bits per heavy atom. The van der Waals surface area contributed by atoms with E-state index in [1.165, 1.54) is 13.0 Å². The summed E-state index contributed by atoms with van der Waals surface area (Å²) in [4.78, 5) is 32.5. The van der Waals surface area contributed by atoms with Crippen LogP contribution < -0.4 is 11.1 Å². The minimum absolute atomic E-state index is 0.0348. The lowest BCUT2D eigenvalue weighted by molar-refractivity contribution is -0.132. The molecule has 0 saturated heterocycles. The van der Waals surface area contributed by atoms with Gasteiger partial charge in [0, 0.05) is 17.7 Å². The molecule has 0 unspecified atom stereocenters. The maximum atomic E-state index is 11.2. The summed E-state index contributed by atoms with van der Waals surface area (Å²) in [7, 11) is 0. The molecule has 6 nitrogen and oxygen atoms in total. The monoisotopic (exact) mass is 210 g/mol. The maximum Gasteiger partial charge on any atom is 0.331 e. The minimum Gasteiger partial charge on any atom is -0.478 e. The number of carboxylic acid groups (broad SMARTS) is 1. The van der Waals surface area contributed by atoms with Crippen LogP contribution in [0.4, 0.5) is 0 Å². The van der Waals surface area contributed by atoms with Crippen molar-refractivity contribution in [3.63, 3.8) is 0 Å². The summed E-state index contributed by atoms with van der Waals surface area (Å²) in [5, 5.41) is 10.8. The molecular formula is C9H10N2O4. The highest BCUT2D eigenvalue weighted by Gasteiger charge is 1.99. The smallest absolute Gasteiger partial charge is 0.331 e. The minimum atomic E-state index is -1.05. The number of carbonyl (C=O) groups is 1. The van der Waals surface area contributed by atoms with Crippen LogP contribution in [0.2, 0.25) is 0 Å². The third kappa shape index (κ3) is 2.94. The average Bonchev–Trinajstić information content (AvgIpc) is 2.18. The largest absolute Gasteiger partial charge is 0.478 e. The zero-order valence-corrected chi connectivity index (χ0v) is 8.06. The van der Waals surface area contributed by atoms with Gasteiger partial charge in [0.2, 0.25) is 0 Å². The summed E-state index contributed by atoms with van der Waals surface area (Å²) < 4.78 is 1.04. The van der Waals surface area contributed by atoms with Gasteiger partial charge in [-0.15, -0.1) is 0 Å². The predicted molar refractivity (Wildman–Crippen MR) is 52.7 cm³/mol. The van der Waals surface area contributed by atoms with Crippen LogP contribution in [0.15, 0.2) is 33.4 Å². The molecular weight excluding hydrogens is 200 g/mol. The topological polar surface area (TPSA) is 92.2 Å². The molecule has 1 heterocycles. The van der Waals surface area contributed by atoms with Crippen LogP contribution in [0, 0.1) is 0 Å². The third-order valence-corrected chi connectivity index (χ3v) is 1.81. The van der Waals surface area contributed by atoms with Gasteiger partial charge in [0.05, 0.1) is 6.54 Å². The Morgan fingerprint density at radius 3 is 2.80 bits per heavy atom. The number of allylic oxidation sites excluding steroid dienone is 1. The summed E-state index contributed by atoms with van der Waals surface area (Å²) in [6, 6.07) is 2.25. The number of aromatic nitrogens is 2. The van der Waals surface area contributed by atoms with Crippen molar-refractivity contribution in [2.45, 2.75) is 13.5 Å². The van der Waals surface area contributed by atoms with Gasteiger partial charge in [0.1, 0.15) is 0 Å². The second-order valence-corrected chi connectivity index (χ2v) is 2.95. The predicted octanol–water partition coefficient (Wildman–Crippen LogP) is -0.432. The lowest BCUT2D eigenvalue weighted by atomic mass is 10.3. The Balaban J connectivity index is 2.96. The lowest BCUT2D eigenvalue weighted by Gasteiger charge is -2.00. The van der Waals surface area contributed by atoms with Crippen LogP contribution >= 0.6 is 0 Å². The van der Waals surface area contributed by atoms with E-state index in [2.05, 4.69) is 5.10 Å². The number of aliphatic carboxylic acids is 1. The first-order valence-electron chi connectivity index (χ1n) is 4.21. The van der Waals surface area contributed by atoms with Gasteiger partial charge < -0.3 is 5.11 Å². The SMILES string of the molecule is CC(=CCn1[nH]c(=O)ccc1=O)C(=O)O. The van der Waals surface area contributed by atoms with E-state index in [4.69, 9.17) is 5.11 Å². The van der Waals surface area contributed by atoms with Crippen LogP contribution in [-0.2, 0) is 11.3 Å². The Hall–Kier alpha value is -2.11. The van der Waals surface area contributed by atoms with Gasteiger partial charge in [-0.3, -0.25) is 14.7 Å². The van der Waals surface area contributed by atoms with Crippen molar-refractivity contribution in [1.82, 2.24) is 9.78 Å². The fourth-order valence-corrected chi connectivity index (χ4v) is 0.913. The highest BCUT2D eigenvalue weighted by Crippen LogP contribution is 1.91. The van der Waals surface area contributed by atoms with Gasteiger partial charge in [-0.1, -0.05) is 6.08 Å². The van der Waals surface area contributed by atoms with Crippen molar-refractivity contribution in [1.29, 1.82) is 0 Å². The first-order valence-corrected chi connectivity index (χ1v) is 4.21. The molecule has 15 heavy (non-hydrogen) atoms. The molecule has 0 spiro atoms. The van der Waals surface area contributed by atoms with E-state index in [1.54, 1.807) is 0 Å². The van der Waals surface area contributed by atoms with E-state index in [0.29, 0.717) is 0 Å². The lowest BCUT2D eigenvalue weighted by Crippen LogP contribution is -2.27. The van der Waals surface area contributed by atoms with Gasteiger partial charge in [0.15, 0.2) is 0 Å². The fourth-order valence-electron chi connectivity index (χ4n) is 0.913. The van der Waals surface area contributed by atoms with E-state index in [-0.39, 0.29) is 17.7 Å². The van der Waals surface area contributed by atoms with Crippen LogP contribution in [0.5, 0.6) is 0 Å². The fraction of sp³-hybridized carbons (Fsp3) is 0.222. The van der Waals surface area contributed by atoms with Crippen molar-refractivity contribution in [3.8, 4) is 0 Å². The first-order chi connectivity index (χ1) is 7.00. The van der Waals surface area contributed by atoms with E-state index >= 15 is 0 Å². The third-order valence-electron chi connectivity index (χ3n) is 1.81. The Labute approximate surface area is 84.5 Å². The molecule has 0 atom stereocenters. The van der Waals surface area contributed by atoms with Crippen molar-refractivity contribution >= 4 is 5.97 Å². The second kappa shape index (κ2) is 4.41. The zero-order valence-electron chi connectivity index (χ0n) is 8.06. The number of nitrogens with one attached hydrogen (secondary N) is 1. The molecule has 0 bridgehead atoms. The molecule has 1 aromatic rings. The van der Waals surface area contributed by atoms with Crippen molar-refractivity contribution in [3.05, 3.63) is 44.5 Å². The number of carboxylic acids is 1. The van der Waals surface area contributed by atoms with Gasteiger partial charge in [-0.2, -0.15) is 0 Å². The van der Waals surface area contributed by atoms with Crippen LogP contribution in [0.25, 0.3) is 0 Å². The van der Waals surface area contributed by atoms with Crippen molar-refractivity contribution in [2.24, 2.45) is 0 Å². The number of aromatic amines is 1. The van der Waals surface area contributed by atoms with Gasteiger partial charge in [-0.05, 0) is 6.92 Å². The van der Waals surface area contributed by atoms with Gasteiger partial charge in [0.25, 0.3) is 11.1 Å². The van der Waals surface area contributed by atoms with Gasteiger partial charge >= 0.3 is 5.97 Å². The van der Waals surface area contributed by atoms with Crippen LogP contribution in [0.3, 0.4) is 0 Å². The van der Waals surface area contributed by atoms with E-state index in [9.17, 15) is 14.4 Å². The Kier molecular flexibility index (Phi) is 3.22. The summed E-state index contributed by atoms with van der Waals surface area (Å²) in [6.45, 7) is 1.45. The molecule has 6 heteroatoms. The molecule has 0 amide bonds. The highest BCUT2D eigenvalue weighted by atomic mass is 16.4. The summed E-state index contributed by atoms with van der Waals surface area (Å²) in [5.41, 5.74) is -0.674. The summed E-state index contributed by atoms with van der Waals surface area (Å²) >= 11 is 0. The zero-order chi connectivity index (χ0) is 11.4. The molecule has 0 saturated carbocycles. The quantitative estimate of drug-likeness (QED) is 0.662. The molecule has 0 aliphatic heterocycles. The molecule has 0 radical (unpaired) electrons. The van der Waals surface area contributed by atoms with Crippen molar-refractivity contribution < 1.29 is 9.90 Å². The van der Waals surface area contributed by atoms with Crippen LogP contribution in [-0.4, -0.2) is 20.9 Å². The molecule has 2 N–H and O–H groups in total. The maximum absolute atomic E-state index is 11.2. The second-order valence-electron chi connectivity index (χ2n) is 2.95. The molecule has 0 fully saturated rings. The Bertz CT molecular complexity index is 509. The molecule has 1 rings (SSSR count). The first kappa shape index (κ1) is 11.0. The number of hydrogen-bond donors (Lipinski definition) is 2. The average molecular weight is 210 g/mol. The summed E-state index contributed by atoms with van der Waals surface area (Å²) in [6.07, 6.45) is 1.35. The molecule has 0 aliphatic rings. The molecule has 1 aromatic heterocycles. The number of H-pyrrole nitrogens is 1. The van der Waals surface area contributed by atoms with E-state index < -0.39 is 11.5 Å². The highest BCUT2D eigenvalue weighted by molar-refractivity contribution is 5.85. The molecule has 0 aromatic carbocycles. The Morgan fingerprint density at radius 2 is 2.20 bits per heavy atom. The standard InChI is InChI=1S/C9H10N2O4/c1-6(9(14)15)4-5-11-8(13)3-2-7(12)10-11/h2-4H,5H2,1H3,(H,10,12)(H,14,15). The normalized spacial score (nSPS) is 11.4. The van der Waals surface area contributed by atoms with E-state index in [1.807, 2.05) is 0 Å².